The average Bonchev–Trinajstić information content (AvgIpc) is 3.18. The Labute approximate surface area is 140 Å². The molecule has 1 N–H and O–H groups in total. The largest absolute Gasteiger partial charge is 0.481 e. The maximum Gasteiger partial charge on any atom is 0.435 e. The van der Waals surface area contributed by atoms with Crippen molar-refractivity contribution in [3.63, 3.8) is 0 Å². The summed E-state index contributed by atoms with van der Waals surface area (Å²) in [6.45, 7) is 0.404. The number of ether oxygens (including phenoxy) is 1. The molecule has 1 aliphatic rings. The van der Waals surface area contributed by atoms with E-state index in [4.69, 9.17) is 4.74 Å². The third-order valence-corrected chi connectivity index (χ3v) is 4.19. The van der Waals surface area contributed by atoms with Crippen molar-refractivity contribution < 1.29 is 22.7 Å². The van der Waals surface area contributed by atoms with Crippen molar-refractivity contribution in [1.82, 2.24) is 14.9 Å². The molecular weight excluding hydrogens is 335 g/mol. The molecule has 1 aromatic carbocycles. The van der Waals surface area contributed by atoms with Crippen LogP contribution in [0.25, 0.3) is 16.6 Å². The molecular formula is C17H12F3N3O2. The predicted molar refractivity (Wildman–Crippen MR) is 83.4 cm³/mol. The summed E-state index contributed by atoms with van der Waals surface area (Å²) in [7, 11) is 1.37. The molecule has 0 radical (unpaired) electrons. The number of carbonyl (C=O) groups excluding carboxylic acids is 1. The molecule has 2 aromatic heterocycles. The number of nitrogens with zero attached hydrogens (tertiary/aromatic N) is 2. The normalized spacial score (nSPS) is 13.8. The van der Waals surface area contributed by atoms with Crippen LogP contribution in [0.4, 0.5) is 13.2 Å². The molecule has 3 aromatic rings. The van der Waals surface area contributed by atoms with Crippen LogP contribution < -0.4 is 10.1 Å². The minimum atomic E-state index is -4.55. The van der Waals surface area contributed by atoms with Gasteiger partial charge in [0, 0.05) is 23.7 Å². The molecule has 128 valence electrons. The molecule has 4 rings (SSSR count). The second-order valence-electron chi connectivity index (χ2n) is 5.67. The quantitative estimate of drug-likeness (QED) is 0.774. The third kappa shape index (κ3) is 2.41. The number of hydrogen-bond donors (Lipinski definition) is 1. The smallest absolute Gasteiger partial charge is 0.435 e. The summed E-state index contributed by atoms with van der Waals surface area (Å²) < 4.78 is 45.4. The van der Waals surface area contributed by atoms with Gasteiger partial charge in [0.2, 0.25) is 5.88 Å². The Hall–Kier alpha value is -3.03. The van der Waals surface area contributed by atoms with E-state index in [1.54, 1.807) is 30.3 Å². The van der Waals surface area contributed by atoms with Crippen molar-refractivity contribution in [3.8, 4) is 17.0 Å². The molecule has 0 saturated carbocycles. The Balaban J connectivity index is 1.93. The van der Waals surface area contributed by atoms with Gasteiger partial charge in [-0.2, -0.15) is 22.8 Å². The van der Waals surface area contributed by atoms with Crippen LogP contribution in [0.2, 0.25) is 0 Å². The Morgan fingerprint density at radius 2 is 1.92 bits per heavy atom. The number of carbonyl (C=O) groups is 1. The number of fused-ring (bicyclic) bond motifs is 2. The minimum absolute atomic E-state index is 0.148. The van der Waals surface area contributed by atoms with Crippen LogP contribution in [0.1, 0.15) is 21.6 Å². The van der Waals surface area contributed by atoms with Gasteiger partial charge in [-0.1, -0.05) is 6.07 Å². The van der Waals surface area contributed by atoms with E-state index in [1.165, 1.54) is 7.11 Å². The lowest BCUT2D eigenvalue weighted by Crippen LogP contribution is -2.12. The van der Waals surface area contributed by atoms with E-state index in [2.05, 4.69) is 10.4 Å². The summed E-state index contributed by atoms with van der Waals surface area (Å²) in [5.74, 6) is 0.0531. The molecule has 8 heteroatoms. The molecule has 1 aliphatic heterocycles. The SMILES string of the molecule is COc1ccc(-c2ccc3c(c2)CNC3=O)c2cc(C(F)(F)F)nn12. The standard InChI is InChI=1S/C17H12F3N3O2/c1-25-15-5-4-11(13-7-14(17(18,19)20)22-23(13)15)9-2-3-12-10(6-9)8-21-16(12)24/h2-7H,8H2,1H3,(H,21,24). The lowest BCUT2D eigenvalue weighted by molar-refractivity contribution is -0.141. The van der Waals surface area contributed by atoms with Gasteiger partial charge < -0.3 is 10.1 Å². The van der Waals surface area contributed by atoms with E-state index in [0.717, 1.165) is 16.1 Å². The molecule has 3 heterocycles. The van der Waals surface area contributed by atoms with Crippen molar-refractivity contribution in [2.45, 2.75) is 12.7 Å². The number of amides is 1. The zero-order valence-corrected chi connectivity index (χ0v) is 13.0. The van der Waals surface area contributed by atoms with Gasteiger partial charge in [-0.25, -0.2) is 0 Å². The van der Waals surface area contributed by atoms with Gasteiger partial charge in [0.15, 0.2) is 5.69 Å². The highest BCUT2D eigenvalue weighted by Crippen LogP contribution is 2.35. The van der Waals surface area contributed by atoms with Crippen LogP contribution in [0.3, 0.4) is 0 Å². The minimum Gasteiger partial charge on any atom is -0.481 e. The monoisotopic (exact) mass is 347 g/mol. The van der Waals surface area contributed by atoms with Crippen LogP contribution in [-0.4, -0.2) is 22.6 Å². The van der Waals surface area contributed by atoms with Crippen molar-refractivity contribution in [3.05, 3.63) is 53.2 Å². The first kappa shape index (κ1) is 15.5. The maximum atomic E-state index is 13.1. The van der Waals surface area contributed by atoms with E-state index in [0.29, 0.717) is 23.2 Å². The highest BCUT2D eigenvalue weighted by atomic mass is 19.4. The Morgan fingerprint density at radius 3 is 2.64 bits per heavy atom. The van der Waals surface area contributed by atoms with E-state index < -0.39 is 11.9 Å². The molecule has 0 fully saturated rings. The Bertz CT molecular complexity index is 1010. The molecule has 0 saturated heterocycles. The van der Waals surface area contributed by atoms with Gasteiger partial charge >= 0.3 is 6.18 Å². The fraction of sp³-hybridized carbons (Fsp3) is 0.176. The Morgan fingerprint density at radius 1 is 1.16 bits per heavy atom. The van der Waals surface area contributed by atoms with Gasteiger partial charge in [-0.05, 0) is 35.4 Å². The number of nitrogens with one attached hydrogen (secondary N) is 1. The van der Waals surface area contributed by atoms with Gasteiger partial charge in [-0.15, -0.1) is 0 Å². The summed E-state index contributed by atoms with van der Waals surface area (Å²) in [6.07, 6.45) is -4.55. The van der Waals surface area contributed by atoms with Crippen molar-refractivity contribution in [1.29, 1.82) is 0 Å². The van der Waals surface area contributed by atoms with E-state index in [1.807, 2.05) is 0 Å². The van der Waals surface area contributed by atoms with Gasteiger partial charge in [-0.3, -0.25) is 4.79 Å². The lowest BCUT2D eigenvalue weighted by Gasteiger charge is -2.09. The zero-order valence-electron chi connectivity index (χ0n) is 13.0. The second kappa shape index (κ2) is 5.23. The van der Waals surface area contributed by atoms with Crippen molar-refractivity contribution >= 4 is 11.4 Å². The fourth-order valence-corrected chi connectivity index (χ4v) is 2.99. The van der Waals surface area contributed by atoms with E-state index >= 15 is 0 Å². The highest BCUT2D eigenvalue weighted by Gasteiger charge is 2.35. The number of aromatic nitrogens is 2. The number of alkyl halides is 3. The molecule has 1 amide bonds. The average molecular weight is 347 g/mol. The van der Waals surface area contributed by atoms with Gasteiger partial charge in [0.1, 0.15) is 0 Å². The van der Waals surface area contributed by atoms with Crippen LogP contribution in [-0.2, 0) is 12.7 Å². The van der Waals surface area contributed by atoms with E-state index in [-0.39, 0.29) is 17.3 Å². The summed E-state index contributed by atoms with van der Waals surface area (Å²) in [5, 5.41) is 6.34. The third-order valence-electron chi connectivity index (χ3n) is 4.19. The zero-order chi connectivity index (χ0) is 17.8. The number of methoxy groups -OCH3 is 1. The van der Waals surface area contributed by atoms with Crippen LogP contribution in [0, 0.1) is 0 Å². The van der Waals surface area contributed by atoms with Crippen molar-refractivity contribution in [2.75, 3.05) is 7.11 Å². The number of pyridine rings is 1. The van der Waals surface area contributed by atoms with Crippen LogP contribution >= 0.6 is 0 Å². The molecule has 25 heavy (non-hydrogen) atoms. The second-order valence-corrected chi connectivity index (χ2v) is 5.67. The van der Waals surface area contributed by atoms with E-state index in [9.17, 15) is 18.0 Å². The first-order valence-corrected chi connectivity index (χ1v) is 7.44. The van der Waals surface area contributed by atoms with Crippen LogP contribution in [0.15, 0.2) is 36.4 Å². The summed E-state index contributed by atoms with van der Waals surface area (Å²) in [6, 6.07) is 9.43. The topological polar surface area (TPSA) is 55.6 Å². The number of benzene rings is 1. The van der Waals surface area contributed by atoms with Gasteiger partial charge in [0.25, 0.3) is 5.91 Å². The number of rotatable bonds is 2. The van der Waals surface area contributed by atoms with Crippen LogP contribution in [0.5, 0.6) is 5.88 Å². The molecule has 0 atom stereocenters. The lowest BCUT2D eigenvalue weighted by atomic mass is 10.00. The molecule has 5 nitrogen and oxygen atoms in total. The number of halogens is 3. The first-order chi connectivity index (χ1) is 11.9. The summed E-state index contributed by atoms with van der Waals surface area (Å²) in [5.41, 5.74) is 1.97. The Kier molecular flexibility index (Phi) is 3.24. The molecule has 0 unspecified atom stereocenters. The first-order valence-electron chi connectivity index (χ1n) is 7.44. The van der Waals surface area contributed by atoms with Gasteiger partial charge in [0.05, 0.1) is 12.6 Å². The maximum absolute atomic E-state index is 13.1. The number of hydrogen-bond acceptors (Lipinski definition) is 3. The molecule has 0 spiro atoms. The summed E-state index contributed by atoms with van der Waals surface area (Å²) in [4.78, 5) is 11.7. The fourth-order valence-electron chi connectivity index (χ4n) is 2.99. The predicted octanol–water partition coefficient (Wildman–Crippen LogP) is 3.27. The highest BCUT2D eigenvalue weighted by molar-refractivity contribution is 5.99. The molecule has 0 aliphatic carbocycles. The molecule has 0 bridgehead atoms. The summed E-state index contributed by atoms with van der Waals surface area (Å²) >= 11 is 0. The van der Waals surface area contributed by atoms with Crippen molar-refractivity contribution in [2.24, 2.45) is 0 Å².